The molecule has 0 saturated carbocycles. The van der Waals surface area contributed by atoms with Crippen LogP contribution in [0.3, 0.4) is 0 Å². The van der Waals surface area contributed by atoms with Crippen molar-refractivity contribution in [2.45, 2.75) is 20.0 Å². The van der Waals surface area contributed by atoms with Gasteiger partial charge in [-0.1, -0.05) is 6.07 Å². The van der Waals surface area contributed by atoms with Crippen molar-refractivity contribution in [3.05, 3.63) is 88.9 Å². The molecule has 1 aromatic heterocycles. The zero-order valence-electron chi connectivity index (χ0n) is 15.2. The van der Waals surface area contributed by atoms with E-state index in [4.69, 9.17) is 9.15 Å². The van der Waals surface area contributed by atoms with Gasteiger partial charge in [-0.15, -0.1) is 0 Å². The van der Waals surface area contributed by atoms with Gasteiger partial charge in [-0.05, 0) is 55.8 Å². The first kappa shape index (κ1) is 19.3. The molecule has 0 aliphatic carbocycles. The van der Waals surface area contributed by atoms with E-state index < -0.39 is 29.6 Å². The van der Waals surface area contributed by atoms with E-state index >= 15 is 0 Å². The van der Waals surface area contributed by atoms with Crippen molar-refractivity contribution in [1.82, 2.24) is 0 Å². The minimum absolute atomic E-state index is 0.0632. The van der Waals surface area contributed by atoms with Gasteiger partial charge < -0.3 is 14.5 Å². The topological polar surface area (TPSA) is 68.5 Å². The number of carbonyl (C=O) groups is 2. The molecule has 3 rings (SSSR count). The van der Waals surface area contributed by atoms with Crippen LogP contribution in [0.5, 0.6) is 0 Å². The van der Waals surface area contributed by atoms with Crippen LogP contribution in [-0.2, 0) is 4.74 Å². The molecular weight excluding hydrogens is 368 g/mol. The van der Waals surface area contributed by atoms with Gasteiger partial charge in [-0.2, -0.15) is 0 Å². The molecule has 0 fully saturated rings. The lowest BCUT2D eigenvalue weighted by atomic mass is 10.1. The van der Waals surface area contributed by atoms with E-state index in [1.54, 1.807) is 19.1 Å². The van der Waals surface area contributed by atoms with Gasteiger partial charge in [0.15, 0.2) is 5.76 Å². The zero-order chi connectivity index (χ0) is 20.3. The molecule has 1 N–H and O–H groups in total. The Labute approximate surface area is 159 Å². The fourth-order valence-corrected chi connectivity index (χ4v) is 2.60. The molecule has 0 aliphatic heterocycles. The summed E-state index contributed by atoms with van der Waals surface area (Å²) in [6.07, 6.45) is 0.460. The Morgan fingerprint density at radius 2 is 1.89 bits per heavy atom. The minimum atomic E-state index is -0.921. The van der Waals surface area contributed by atoms with Crippen molar-refractivity contribution in [3.63, 3.8) is 0 Å². The summed E-state index contributed by atoms with van der Waals surface area (Å²) in [4.78, 5) is 24.6. The van der Waals surface area contributed by atoms with E-state index in [2.05, 4.69) is 5.32 Å². The van der Waals surface area contributed by atoms with E-state index in [9.17, 15) is 18.4 Å². The van der Waals surface area contributed by atoms with Crippen LogP contribution in [0.1, 0.15) is 45.1 Å². The normalized spacial score (nSPS) is 11.7. The van der Waals surface area contributed by atoms with E-state index in [1.165, 1.54) is 37.5 Å². The summed E-state index contributed by atoms with van der Waals surface area (Å²) < 4.78 is 37.2. The van der Waals surface area contributed by atoms with Crippen LogP contribution < -0.4 is 5.32 Å². The molecule has 1 amide bonds. The second-order valence-corrected chi connectivity index (χ2v) is 6.17. The summed E-state index contributed by atoms with van der Waals surface area (Å²) in [6, 6.07) is 10.8. The first-order chi connectivity index (χ1) is 13.3. The van der Waals surface area contributed by atoms with Crippen LogP contribution in [0.15, 0.2) is 59.2 Å². The summed E-state index contributed by atoms with van der Waals surface area (Å²) in [5.41, 5.74) is 1.38. The molecule has 0 bridgehead atoms. The average Bonchev–Trinajstić information content (AvgIpc) is 3.18. The molecule has 1 unspecified atom stereocenters. The monoisotopic (exact) mass is 385 g/mol. The summed E-state index contributed by atoms with van der Waals surface area (Å²) in [6.45, 7) is 3.26. The maximum Gasteiger partial charge on any atom is 0.338 e. The van der Waals surface area contributed by atoms with Gasteiger partial charge in [-0.25, -0.2) is 13.6 Å². The van der Waals surface area contributed by atoms with Crippen molar-refractivity contribution in [3.8, 4) is 0 Å². The van der Waals surface area contributed by atoms with Gasteiger partial charge in [0.05, 0.1) is 11.8 Å². The number of nitrogens with one attached hydrogen (secondary N) is 1. The Hall–Kier alpha value is -3.48. The fourth-order valence-electron chi connectivity index (χ4n) is 2.60. The quantitative estimate of drug-likeness (QED) is 0.625. The molecule has 0 spiro atoms. The lowest BCUT2D eigenvalue weighted by Gasteiger charge is -2.15. The molecule has 144 valence electrons. The molecule has 0 saturated heterocycles. The van der Waals surface area contributed by atoms with Crippen LogP contribution in [0, 0.1) is 18.6 Å². The number of carbonyl (C=O) groups excluding carboxylic acids is 2. The number of furan rings is 1. The van der Waals surface area contributed by atoms with Crippen LogP contribution in [0.4, 0.5) is 14.5 Å². The fraction of sp³-hybridized carbons (Fsp3) is 0.143. The standard InChI is InChI=1S/C21H17F2NO4/c1-12-5-6-14(10-18(12)24-20(25)19-4-3-9-27-19)21(26)28-13(2)16-8-7-15(22)11-17(16)23/h3-11,13H,1-2H3,(H,24,25). The number of ether oxygens (including phenoxy) is 1. The predicted molar refractivity (Wildman–Crippen MR) is 98.0 cm³/mol. The molecule has 2 aromatic carbocycles. The Kier molecular flexibility index (Phi) is 5.54. The molecule has 7 heteroatoms. The summed E-state index contributed by atoms with van der Waals surface area (Å²) in [5.74, 6) is -2.54. The number of amides is 1. The molecule has 28 heavy (non-hydrogen) atoms. The molecule has 0 radical (unpaired) electrons. The number of rotatable bonds is 5. The van der Waals surface area contributed by atoms with E-state index in [-0.39, 0.29) is 16.9 Å². The average molecular weight is 385 g/mol. The highest BCUT2D eigenvalue weighted by Gasteiger charge is 2.19. The van der Waals surface area contributed by atoms with Crippen LogP contribution in [0.2, 0.25) is 0 Å². The largest absolute Gasteiger partial charge is 0.459 e. The van der Waals surface area contributed by atoms with Crippen molar-refractivity contribution < 1.29 is 27.5 Å². The molecule has 5 nitrogen and oxygen atoms in total. The minimum Gasteiger partial charge on any atom is -0.459 e. The summed E-state index contributed by atoms with van der Waals surface area (Å²) >= 11 is 0. The second kappa shape index (κ2) is 8.04. The Morgan fingerprint density at radius 1 is 1.11 bits per heavy atom. The number of esters is 1. The smallest absolute Gasteiger partial charge is 0.338 e. The summed E-state index contributed by atoms with van der Waals surface area (Å²) in [7, 11) is 0. The number of aryl methyl sites for hydroxylation is 1. The number of hydrogen-bond acceptors (Lipinski definition) is 4. The van der Waals surface area contributed by atoms with Crippen molar-refractivity contribution in [2.24, 2.45) is 0 Å². The first-order valence-corrected chi connectivity index (χ1v) is 8.46. The summed E-state index contributed by atoms with van der Waals surface area (Å²) in [5, 5.41) is 2.67. The highest BCUT2D eigenvalue weighted by atomic mass is 19.1. The Morgan fingerprint density at radius 3 is 2.57 bits per heavy atom. The van der Waals surface area contributed by atoms with Gasteiger partial charge >= 0.3 is 5.97 Å². The zero-order valence-corrected chi connectivity index (χ0v) is 15.2. The van der Waals surface area contributed by atoms with E-state index in [1.807, 2.05) is 0 Å². The predicted octanol–water partition coefficient (Wildman–Crippen LogP) is 5.04. The Balaban J connectivity index is 1.75. The highest BCUT2D eigenvalue weighted by molar-refractivity contribution is 6.03. The number of anilines is 1. The van der Waals surface area contributed by atoms with E-state index in [0.717, 1.165) is 17.7 Å². The third kappa shape index (κ3) is 4.25. The molecular formula is C21H17F2NO4. The van der Waals surface area contributed by atoms with Gasteiger partial charge in [0.2, 0.25) is 0 Å². The molecule has 1 atom stereocenters. The van der Waals surface area contributed by atoms with Crippen molar-refractivity contribution in [1.29, 1.82) is 0 Å². The molecule has 1 heterocycles. The SMILES string of the molecule is Cc1ccc(C(=O)OC(C)c2ccc(F)cc2F)cc1NC(=O)c1ccco1. The van der Waals surface area contributed by atoms with Crippen LogP contribution >= 0.6 is 0 Å². The van der Waals surface area contributed by atoms with Crippen molar-refractivity contribution >= 4 is 17.6 Å². The highest BCUT2D eigenvalue weighted by Crippen LogP contribution is 2.24. The Bertz CT molecular complexity index is 1020. The van der Waals surface area contributed by atoms with Gasteiger partial charge in [0.1, 0.15) is 17.7 Å². The number of halogens is 2. The number of benzene rings is 2. The van der Waals surface area contributed by atoms with Crippen LogP contribution in [-0.4, -0.2) is 11.9 Å². The maximum atomic E-state index is 13.9. The third-order valence-electron chi connectivity index (χ3n) is 4.15. The maximum absolute atomic E-state index is 13.9. The van der Waals surface area contributed by atoms with Gasteiger partial charge in [0.25, 0.3) is 5.91 Å². The van der Waals surface area contributed by atoms with Crippen molar-refractivity contribution in [2.75, 3.05) is 5.32 Å². The first-order valence-electron chi connectivity index (χ1n) is 8.46. The van der Waals surface area contributed by atoms with Crippen LogP contribution in [0.25, 0.3) is 0 Å². The molecule has 0 aliphatic rings. The molecule has 3 aromatic rings. The number of hydrogen-bond donors (Lipinski definition) is 1. The van der Waals surface area contributed by atoms with Gasteiger partial charge in [0, 0.05) is 17.3 Å². The second-order valence-electron chi connectivity index (χ2n) is 6.17. The third-order valence-corrected chi connectivity index (χ3v) is 4.15. The lowest BCUT2D eigenvalue weighted by molar-refractivity contribution is 0.0331. The lowest BCUT2D eigenvalue weighted by Crippen LogP contribution is -2.14. The van der Waals surface area contributed by atoms with E-state index in [0.29, 0.717) is 5.69 Å². The van der Waals surface area contributed by atoms with Gasteiger partial charge in [-0.3, -0.25) is 4.79 Å².